The quantitative estimate of drug-likeness (QED) is 0.942. The van der Waals surface area contributed by atoms with Crippen LogP contribution >= 0.6 is 0 Å². The topological polar surface area (TPSA) is 49.8 Å². The number of benzene rings is 2. The smallest absolute Gasteiger partial charge is 0.336 e. The molecule has 0 bridgehead atoms. The number of halogens is 1. The lowest BCUT2D eigenvalue weighted by Crippen LogP contribution is -2.35. The Kier molecular flexibility index (Phi) is 4.69. The van der Waals surface area contributed by atoms with Crippen molar-refractivity contribution in [2.75, 3.05) is 26.3 Å². The molecule has 1 N–H and O–H groups in total. The molecule has 0 atom stereocenters. The number of aromatic carboxylic acids is 1. The van der Waals surface area contributed by atoms with Crippen LogP contribution in [0.1, 0.15) is 15.9 Å². The Bertz CT molecular complexity index is 694. The van der Waals surface area contributed by atoms with Crippen LogP contribution in [0.2, 0.25) is 0 Å². The van der Waals surface area contributed by atoms with Crippen molar-refractivity contribution in [2.24, 2.45) is 0 Å². The number of morpholine rings is 1. The van der Waals surface area contributed by atoms with Crippen LogP contribution in [0.25, 0.3) is 11.1 Å². The van der Waals surface area contributed by atoms with Gasteiger partial charge in [-0.25, -0.2) is 9.18 Å². The van der Waals surface area contributed by atoms with Gasteiger partial charge >= 0.3 is 5.97 Å². The first-order valence-electron chi connectivity index (χ1n) is 7.56. The molecule has 120 valence electrons. The van der Waals surface area contributed by atoms with Gasteiger partial charge in [0, 0.05) is 19.6 Å². The van der Waals surface area contributed by atoms with Gasteiger partial charge < -0.3 is 9.84 Å². The van der Waals surface area contributed by atoms with E-state index in [1.54, 1.807) is 0 Å². The molecule has 0 aromatic heterocycles. The fourth-order valence-corrected chi connectivity index (χ4v) is 2.75. The third kappa shape index (κ3) is 3.75. The first-order valence-corrected chi connectivity index (χ1v) is 7.56. The van der Waals surface area contributed by atoms with Crippen molar-refractivity contribution in [2.45, 2.75) is 6.54 Å². The third-order valence-electron chi connectivity index (χ3n) is 3.99. The zero-order valence-electron chi connectivity index (χ0n) is 12.7. The van der Waals surface area contributed by atoms with Gasteiger partial charge in [-0.2, -0.15) is 0 Å². The summed E-state index contributed by atoms with van der Waals surface area (Å²) >= 11 is 0. The molecular weight excluding hydrogens is 297 g/mol. The Balaban J connectivity index is 1.80. The number of ether oxygens (including phenoxy) is 1. The predicted octanol–water partition coefficient (Wildman–Crippen LogP) is 3.02. The molecule has 1 aliphatic rings. The minimum atomic E-state index is -1.13. The van der Waals surface area contributed by atoms with Gasteiger partial charge in [-0.3, -0.25) is 4.90 Å². The second kappa shape index (κ2) is 6.89. The minimum absolute atomic E-state index is 0.0223. The SMILES string of the molecule is O=C(O)c1cc(F)ccc1-c1ccc(CN2CCOCC2)cc1. The summed E-state index contributed by atoms with van der Waals surface area (Å²) in [6, 6.07) is 11.6. The monoisotopic (exact) mass is 315 g/mol. The van der Waals surface area contributed by atoms with Crippen molar-refractivity contribution in [1.82, 2.24) is 4.90 Å². The average Bonchev–Trinajstić information content (AvgIpc) is 2.56. The Morgan fingerprint density at radius 1 is 1.13 bits per heavy atom. The Morgan fingerprint density at radius 2 is 1.83 bits per heavy atom. The third-order valence-corrected chi connectivity index (χ3v) is 3.99. The highest BCUT2D eigenvalue weighted by Gasteiger charge is 2.14. The molecule has 0 spiro atoms. The molecule has 1 aliphatic heterocycles. The largest absolute Gasteiger partial charge is 0.478 e. The molecule has 5 heteroatoms. The number of carboxylic acid groups (broad SMARTS) is 1. The predicted molar refractivity (Wildman–Crippen MR) is 84.9 cm³/mol. The fourth-order valence-electron chi connectivity index (χ4n) is 2.75. The van der Waals surface area contributed by atoms with Crippen LogP contribution in [0.15, 0.2) is 42.5 Å². The zero-order chi connectivity index (χ0) is 16.2. The molecule has 0 amide bonds. The Hall–Kier alpha value is -2.24. The summed E-state index contributed by atoms with van der Waals surface area (Å²) in [5.74, 6) is -1.67. The Morgan fingerprint density at radius 3 is 2.48 bits per heavy atom. The highest BCUT2D eigenvalue weighted by Crippen LogP contribution is 2.25. The van der Waals surface area contributed by atoms with Gasteiger partial charge in [0.25, 0.3) is 0 Å². The van der Waals surface area contributed by atoms with Crippen LogP contribution in [0.5, 0.6) is 0 Å². The molecular formula is C18H18FNO3. The number of rotatable bonds is 4. The van der Waals surface area contributed by atoms with E-state index in [0.29, 0.717) is 5.56 Å². The van der Waals surface area contributed by atoms with Crippen molar-refractivity contribution >= 4 is 5.97 Å². The molecule has 0 aliphatic carbocycles. The maximum atomic E-state index is 13.3. The maximum absolute atomic E-state index is 13.3. The van der Waals surface area contributed by atoms with E-state index in [2.05, 4.69) is 4.90 Å². The summed E-state index contributed by atoms with van der Waals surface area (Å²) in [6.45, 7) is 4.20. The standard InChI is InChI=1S/C18H18FNO3/c19-15-5-6-16(17(11-15)18(21)22)14-3-1-13(2-4-14)12-20-7-9-23-10-8-20/h1-6,11H,7-10,12H2,(H,21,22). The molecule has 1 fully saturated rings. The summed E-state index contributed by atoms with van der Waals surface area (Å²) < 4.78 is 18.6. The van der Waals surface area contributed by atoms with Crippen molar-refractivity contribution in [1.29, 1.82) is 0 Å². The van der Waals surface area contributed by atoms with Gasteiger partial charge in [-0.15, -0.1) is 0 Å². The van der Waals surface area contributed by atoms with E-state index in [9.17, 15) is 14.3 Å². The highest BCUT2D eigenvalue weighted by molar-refractivity contribution is 5.96. The molecule has 1 heterocycles. The van der Waals surface area contributed by atoms with Crippen molar-refractivity contribution < 1.29 is 19.0 Å². The van der Waals surface area contributed by atoms with Gasteiger partial charge in [0.1, 0.15) is 5.82 Å². The highest BCUT2D eigenvalue weighted by atomic mass is 19.1. The molecule has 2 aromatic rings. The molecule has 23 heavy (non-hydrogen) atoms. The van der Waals surface area contributed by atoms with E-state index in [4.69, 9.17) is 4.74 Å². The summed E-state index contributed by atoms with van der Waals surface area (Å²) in [5.41, 5.74) is 2.44. The van der Waals surface area contributed by atoms with Crippen LogP contribution in [0.4, 0.5) is 4.39 Å². The van der Waals surface area contributed by atoms with Gasteiger partial charge in [0.2, 0.25) is 0 Å². The lowest BCUT2D eigenvalue weighted by Gasteiger charge is -2.26. The lowest BCUT2D eigenvalue weighted by atomic mass is 9.98. The van der Waals surface area contributed by atoms with Crippen molar-refractivity contribution in [3.8, 4) is 11.1 Å². The van der Waals surface area contributed by atoms with Crippen LogP contribution < -0.4 is 0 Å². The molecule has 1 saturated heterocycles. The average molecular weight is 315 g/mol. The van der Waals surface area contributed by atoms with E-state index in [-0.39, 0.29) is 5.56 Å². The van der Waals surface area contributed by atoms with Gasteiger partial charge in [-0.05, 0) is 28.8 Å². The summed E-state index contributed by atoms with van der Waals surface area (Å²) in [6.07, 6.45) is 0. The van der Waals surface area contributed by atoms with Crippen LogP contribution in [-0.4, -0.2) is 42.3 Å². The van der Waals surface area contributed by atoms with E-state index in [0.717, 1.165) is 50.0 Å². The van der Waals surface area contributed by atoms with Crippen molar-refractivity contribution in [3.05, 3.63) is 59.4 Å². The number of hydrogen-bond acceptors (Lipinski definition) is 3. The molecule has 0 radical (unpaired) electrons. The van der Waals surface area contributed by atoms with Crippen LogP contribution in [-0.2, 0) is 11.3 Å². The zero-order valence-corrected chi connectivity index (χ0v) is 12.7. The molecule has 3 rings (SSSR count). The normalized spacial score (nSPS) is 15.5. The second-order valence-electron chi connectivity index (χ2n) is 5.58. The minimum Gasteiger partial charge on any atom is -0.478 e. The molecule has 4 nitrogen and oxygen atoms in total. The van der Waals surface area contributed by atoms with Crippen LogP contribution in [0, 0.1) is 5.82 Å². The number of nitrogens with zero attached hydrogens (tertiary/aromatic N) is 1. The van der Waals surface area contributed by atoms with Gasteiger partial charge in [-0.1, -0.05) is 30.3 Å². The van der Waals surface area contributed by atoms with E-state index in [1.165, 1.54) is 12.1 Å². The summed E-state index contributed by atoms with van der Waals surface area (Å²) in [5, 5.41) is 9.24. The van der Waals surface area contributed by atoms with Gasteiger partial charge in [0.05, 0.1) is 18.8 Å². The number of carbonyl (C=O) groups is 1. The summed E-state index contributed by atoms with van der Waals surface area (Å²) in [4.78, 5) is 13.6. The maximum Gasteiger partial charge on any atom is 0.336 e. The first-order chi connectivity index (χ1) is 11.1. The molecule has 2 aromatic carbocycles. The Labute approximate surface area is 134 Å². The van der Waals surface area contributed by atoms with Crippen molar-refractivity contribution in [3.63, 3.8) is 0 Å². The van der Waals surface area contributed by atoms with Crippen LogP contribution in [0.3, 0.4) is 0 Å². The van der Waals surface area contributed by atoms with E-state index >= 15 is 0 Å². The lowest BCUT2D eigenvalue weighted by molar-refractivity contribution is 0.0342. The fraction of sp³-hybridized carbons (Fsp3) is 0.278. The van der Waals surface area contributed by atoms with Gasteiger partial charge in [0.15, 0.2) is 0 Å². The number of carboxylic acids is 1. The van der Waals surface area contributed by atoms with E-state index in [1.807, 2.05) is 24.3 Å². The summed E-state index contributed by atoms with van der Waals surface area (Å²) in [7, 11) is 0. The molecule has 0 unspecified atom stereocenters. The first kappa shape index (κ1) is 15.6. The molecule has 0 saturated carbocycles. The second-order valence-corrected chi connectivity index (χ2v) is 5.58. The number of hydrogen-bond donors (Lipinski definition) is 1. The van der Waals surface area contributed by atoms with E-state index < -0.39 is 11.8 Å².